The number of phenolic OH excluding ortho intramolecular Hbond substituents is 1. The van der Waals surface area contributed by atoms with E-state index in [1.54, 1.807) is 0 Å². The predicted octanol–water partition coefficient (Wildman–Crippen LogP) is 3.09. The van der Waals surface area contributed by atoms with Crippen molar-refractivity contribution < 1.29 is 5.11 Å². The molecule has 0 amide bonds. The molecule has 0 bridgehead atoms. The number of aromatic hydroxyl groups is 1. The molecule has 3 heteroatoms. The second-order valence-corrected chi connectivity index (χ2v) is 5.39. The topological polar surface area (TPSA) is 46.2 Å². The molecule has 0 aromatic heterocycles. The second-order valence-electron chi connectivity index (χ2n) is 5.01. The van der Waals surface area contributed by atoms with Crippen LogP contribution >= 0.6 is 11.6 Å². The highest BCUT2D eigenvalue weighted by atomic mass is 35.5. The SMILES string of the molecule is Cc1cc(C)c(CCC2(N)CC2)c(O)c1Cl. The van der Waals surface area contributed by atoms with Gasteiger partial charge in [0.25, 0.3) is 0 Å². The third-order valence-corrected chi connectivity index (χ3v) is 3.99. The van der Waals surface area contributed by atoms with E-state index in [4.69, 9.17) is 17.3 Å². The van der Waals surface area contributed by atoms with E-state index < -0.39 is 0 Å². The van der Waals surface area contributed by atoms with E-state index in [1.807, 2.05) is 19.9 Å². The third-order valence-electron chi connectivity index (χ3n) is 3.51. The summed E-state index contributed by atoms with van der Waals surface area (Å²) in [7, 11) is 0. The molecule has 0 aliphatic heterocycles. The van der Waals surface area contributed by atoms with Crippen LogP contribution in [0, 0.1) is 13.8 Å². The van der Waals surface area contributed by atoms with Gasteiger partial charge < -0.3 is 10.8 Å². The summed E-state index contributed by atoms with van der Waals surface area (Å²) in [6.07, 6.45) is 3.95. The minimum Gasteiger partial charge on any atom is -0.506 e. The Balaban J connectivity index is 2.22. The summed E-state index contributed by atoms with van der Waals surface area (Å²) in [5.74, 6) is 0.239. The molecule has 1 aromatic carbocycles. The summed E-state index contributed by atoms with van der Waals surface area (Å²) in [5, 5.41) is 10.5. The molecular formula is C13H18ClNO. The Bertz CT molecular complexity index is 424. The monoisotopic (exact) mass is 239 g/mol. The number of aryl methyl sites for hydroxylation is 2. The number of nitrogens with two attached hydrogens (primary N) is 1. The molecule has 0 spiro atoms. The molecule has 3 N–H and O–H groups in total. The van der Waals surface area contributed by atoms with Crippen LogP contribution in [0.1, 0.15) is 36.0 Å². The first-order chi connectivity index (χ1) is 7.43. The average Bonchev–Trinajstić information content (AvgIpc) is 2.93. The van der Waals surface area contributed by atoms with Crippen molar-refractivity contribution in [2.24, 2.45) is 5.73 Å². The summed E-state index contributed by atoms with van der Waals surface area (Å²) in [6, 6.07) is 2.02. The van der Waals surface area contributed by atoms with Crippen LogP contribution in [0.3, 0.4) is 0 Å². The Labute approximate surface area is 101 Å². The Kier molecular flexibility index (Phi) is 2.89. The molecule has 16 heavy (non-hydrogen) atoms. The van der Waals surface area contributed by atoms with Crippen molar-refractivity contribution in [3.63, 3.8) is 0 Å². The van der Waals surface area contributed by atoms with Gasteiger partial charge in [-0.15, -0.1) is 0 Å². The lowest BCUT2D eigenvalue weighted by molar-refractivity contribution is 0.463. The van der Waals surface area contributed by atoms with Gasteiger partial charge in [-0.05, 0) is 56.2 Å². The van der Waals surface area contributed by atoms with E-state index in [9.17, 15) is 5.11 Å². The van der Waals surface area contributed by atoms with Crippen molar-refractivity contribution in [3.8, 4) is 5.75 Å². The molecule has 1 aromatic rings. The second kappa shape index (κ2) is 3.94. The van der Waals surface area contributed by atoms with Crippen molar-refractivity contribution in [1.29, 1.82) is 0 Å². The molecule has 0 saturated heterocycles. The van der Waals surface area contributed by atoms with E-state index in [-0.39, 0.29) is 11.3 Å². The first-order valence-corrected chi connectivity index (χ1v) is 6.07. The van der Waals surface area contributed by atoms with Gasteiger partial charge in [-0.2, -0.15) is 0 Å². The van der Waals surface area contributed by atoms with Crippen LogP contribution < -0.4 is 5.73 Å². The highest BCUT2D eigenvalue weighted by Gasteiger charge is 2.37. The van der Waals surface area contributed by atoms with Gasteiger partial charge in [0.05, 0.1) is 5.02 Å². The smallest absolute Gasteiger partial charge is 0.137 e. The molecule has 0 unspecified atom stereocenters. The van der Waals surface area contributed by atoms with Gasteiger partial charge in [0.15, 0.2) is 0 Å². The standard InChI is InChI=1S/C13H18ClNO/c1-8-7-9(2)11(14)12(16)10(8)3-4-13(15)5-6-13/h7,16H,3-6,15H2,1-2H3. The molecule has 2 nitrogen and oxygen atoms in total. The highest BCUT2D eigenvalue weighted by molar-refractivity contribution is 6.32. The van der Waals surface area contributed by atoms with Crippen molar-refractivity contribution in [2.45, 2.75) is 45.1 Å². The Morgan fingerprint density at radius 3 is 2.56 bits per heavy atom. The zero-order valence-electron chi connectivity index (χ0n) is 9.81. The Morgan fingerprint density at radius 1 is 1.38 bits per heavy atom. The van der Waals surface area contributed by atoms with Gasteiger partial charge in [-0.3, -0.25) is 0 Å². The van der Waals surface area contributed by atoms with E-state index in [1.165, 1.54) is 0 Å². The van der Waals surface area contributed by atoms with Gasteiger partial charge in [0, 0.05) is 5.54 Å². The van der Waals surface area contributed by atoms with E-state index in [2.05, 4.69) is 0 Å². The van der Waals surface area contributed by atoms with Gasteiger partial charge in [-0.25, -0.2) is 0 Å². The van der Waals surface area contributed by atoms with Gasteiger partial charge >= 0.3 is 0 Å². The van der Waals surface area contributed by atoms with E-state index in [0.29, 0.717) is 5.02 Å². The zero-order chi connectivity index (χ0) is 11.9. The van der Waals surface area contributed by atoms with Crippen LogP contribution in [0.25, 0.3) is 0 Å². The molecule has 1 aliphatic rings. The lowest BCUT2D eigenvalue weighted by atomic mass is 9.97. The van der Waals surface area contributed by atoms with E-state index in [0.717, 1.165) is 42.4 Å². The number of benzene rings is 1. The summed E-state index contributed by atoms with van der Waals surface area (Å²) < 4.78 is 0. The third kappa shape index (κ3) is 2.18. The molecule has 1 fully saturated rings. The lowest BCUT2D eigenvalue weighted by Gasteiger charge is -2.14. The van der Waals surface area contributed by atoms with Crippen molar-refractivity contribution in [2.75, 3.05) is 0 Å². The Morgan fingerprint density at radius 2 is 2.00 bits per heavy atom. The van der Waals surface area contributed by atoms with E-state index >= 15 is 0 Å². The van der Waals surface area contributed by atoms with Crippen LogP contribution in [0.5, 0.6) is 5.75 Å². The normalized spacial score (nSPS) is 17.5. The molecule has 0 heterocycles. The molecule has 88 valence electrons. The van der Waals surface area contributed by atoms with Crippen LogP contribution in [-0.2, 0) is 6.42 Å². The summed E-state index contributed by atoms with van der Waals surface area (Å²) in [4.78, 5) is 0. The predicted molar refractivity (Wildman–Crippen MR) is 67.1 cm³/mol. The minimum absolute atomic E-state index is 0.0240. The number of phenols is 1. The van der Waals surface area contributed by atoms with Crippen LogP contribution in [0.4, 0.5) is 0 Å². The number of halogens is 1. The molecule has 0 atom stereocenters. The van der Waals surface area contributed by atoms with Crippen LogP contribution in [0.2, 0.25) is 5.02 Å². The molecular weight excluding hydrogens is 222 g/mol. The fourth-order valence-corrected chi connectivity index (χ4v) is 2.25. The van der Waals surface area contributed by atoms with Gasteiger partial charge in [0.1, 0.15) is 5.75 Å². The quantitative estimate of drug-likeness (QED) is 0.852. The van der Waals surface area contributed by atoms with Crippen molar-refractivity contribution in [1.82, 2.24) is 0 Å². The Hall–Kier alpha value is -0.730. The summed E-state index contributed by atoms with van der Waals surface area (Å²) >= 11 is 6.04. The molecule has 1 aliphatic carbocycles. The van der Waals surface area contributed by atoms with Gasteiger partial charge in [0.2, 0.25) is 0 Å². The fraction of sp³-hybridized carbons (Fsp3) is 0.538. The van der Waals surface area contributed by atoms with Crippen molar-refractivity contribution >= 4 is 11.6 Å². The average molecular weight is 240 g/mol. The minimum atomic E-state index is 0.0240. The maximum absolute atomic E-state index is 10.0. The largest absolute Gasteiger partial charge is 0.506 e. The molecule has 1 saturated carbocycles. The molecule has 0 radical (unpaired) electrons. The first kappa shape index (κ1) is 11.7. The lowest BCUT2D eigenvalue weighted by Crippen LogP contribution is -2.22. The number of rotatable bonds is 3. The number of hydrogen-bond acceptors (Lipinski definition) is 2. The summed E-state index contributed by atoms with van der Waals surface area (Å²) in [6.45, 7) is 3.92. The maximum atomic E-state index is 10.0. The van der Waals surface area contributed by atoms with Gasteiger partial charge in [-0.1, -0.05) is 17.7 Å². The molecule has 2 rings (SSSR count). The van der Waals surface area contributed by atoms with Crippen LogP contribution in [0.15, 0.2) is 6.07 Å². The summed E-state index contributed by atoms with van der Waals surface area (Å²) in [5.41, 5.74) is 9.05. The fourth-order valence-electron chi connectivity index (χ4n) is 2.08. The first-order valence-electron chi connectivity index (χ1n) is 5.69. The number of hydrogen-bond donors (Lipinski definition) is 2. The van der Waals surface area contributed by atoms with Crippen molar-refractivity contribution in [3.05, 3.63) is 27.8 Å². The van der Waals surface area contributed by atoms with Crippen LogP contribution in [-0.4, -0.2) is 10.6 Å². The highest BCUT2D eigenvalue weighted by Crippen LogP contribution is 2.39. The maximum Gasteiger partial charge on any atom is 0.137 e. The zero-order valence-corrected chi connectivity index (χ0v) is 10.6.